The molecule has 9 N–H and O–H groups in total. The maximum Gasteiger partial charge on any atom is 0.255 e. The Balaban J connectivity index is 1.50. The largest absolute Gasteiger partial charge is 0.508 e. The molecule has 1 saturated heterocycles. The number of nitrogens with two attached hydrogens (primary N) is 3. The van der Waals surface area contributed by atoms with E-state index < -0.39 is 57.7 Å². The molecule has 0 unspecified atom stereocenters. The summed E-state index contributed by atoms with van der Waals surface area (Å²) < 4.78 is 0. The molecule has 262 valence electrons. The van der Waals surface area contributed by atoms with Crippen molar-refractivity contribution in [3.05, 3.63) is 63.9 Å². The number of amides is 1. The third-order valence-corrected chi connectivity index (χ3v) is 10.7. The summed E-state index contributed by atoms with van der Waals surface area (Å²) in [5.41, 5.74) is 10.6. The number of piperazine rings is 1. The van der Waals surface area contributed by atoms with Crippen LogP contribution >= 0.6 is 0 Å². The molecule has 1 heterocycles. The van der Waals surface area contributed by atoms with Gasteiger partial charge < -0.3 is 41.4 Å². The summed E-state index contributed by atoms with van der Waals surface area (Å²) in [7, 11) is 8.88. The maximum atomic E-state index is 14.5. The SMILES string of the molecule is CN1CCN(Cc2ccc(-c3cc(N(C)C)c4c(c3ON)C(O)=C3C(=O)[C@]5(O)C(O)=C(C(N)=O)C(=O)[C@@H](N(C)C)[C@@H]5C[C@]3(N)C4)cc2)CC1. The third-order valence-electron chi connectivity index (χ3n) is 10.7. The highest BCUT2D eigenvalue weighted by molar-refractivity contribution is 6.25. The predicted molar refractivity (Wildman–Crippen MR) is 183 cm³/mol. The van der Waals surface area contributed by atoms with Gasteiger partial charge in [0.1, 0.15) is 17.1 Å². The second-order valence-electron chi connectivity index (χ2n) is 14.2. The maximum absolute atomic E-state index is 14.5. The molecule has 0 aromatic heterocycles. The number of Topliss-reactive ketones (excluding diaryl/α,β-unsaturated/α-hetero) is 2. The van der Waals surface area contributed by atoms with Gasteiger partial charge in [-0.2, -0.15) is 5.90 Å². The average molecular weight is 676 g/mol. The average Bonchev–Trinajstić information content (AvgIpc) is 3.03. The van der Waals surface area contributed by atoms with Crippen LogP contribution in [0.5, 0.6) is 5.75 Å². The van der Waals surface area contributed by atoms with Crippen LogP contribution in [0.1, 0.15) is 23.1 Å². The van der Waals surface area contributed by atoms with Crippen LogP contribution in [0.4, 0.5) is 5.69 Å². The van der Waals surface area contributed by atoms with E-state index in [1.165, 1.54) is 4.90 Å². The minimum atomic E-state index is -2.78. The van der Waals surface area contributed by atoms with E-state index in [9.17, 15) is 29.7 Å². The Morgan fingerprint density at radius 2 is 1.69 bits per heavy atom. The van der Waals surface area contributed by atoms with Crippen LogP contribution < -0.4 is 27.1 Å². The Bertz CT molecular complexity index is 1800. The van der Waals surface area contributed by atoms with E-state index in [0.29, 0.717) is 16.8 Å². The number of hydrogen-bond acceptors (Lipinski definition) is 13. The first-order valence-corrected chi connectivity index (χ1v) is 16.2. The number of nitrogens with zero attached hydrogens (tertiary/aromatic N) is 4. The second kappa shape index (κ2) is 12.2. The molecular formula is C35H45N7O7. The quantitative estimate of drug-likeness (QED) is 0.170. The van der Waals surface area contributed by atoms with E-state index in [2.05, 4.69) is 16.8 Å². The van der Waals surface area contributed by atoms with E-state index in [1.54, 1.807) is 14.1 Å². The highest BCUT2D eigenvalue weighted by atomic mass is 16.6. The van der Waals surface area contributed by atoms with Crippen molar-refractivity contribution in [2.75, 3.05) is 66.3 Å². The Morgan fingerprint density at radius 3 is 2.24 bits per heavy atom. The first kappa shape index (κ1) is 34.5. The van der Waals surface area contributed by atoms with Gasteiger partial charge in [0.2, 0.25) is 5.78 Å². The number of carbonyl (C=O) groups is 3. The standard InChI is InChI=1S/C35H45N7O7/c1-39(2)23-14-20(19-8-6-18(7-9-19)17-42-12-10-41(5)11-13-42)30(49-38)24-21(23)15-34(37)16-22-27(40(3)4)29(44)25(33(36)47)31(45)35(22,48)32(46)26(34)28(24)43/h6-9,14,22,27,43,45,48H,10-13,15-17,37-38H2,1-5H3,(H2,36,47)/t22-,27-,34+,35+/m0/s1. The predicted octanol–water partition coefficient (Wildman–Crippen LogP) is 0.0726. The summed E-state index contributed by atoms with van der Waals surface area (Å²) in [6.07, 6.45) is -0.212. The van der Waals surface area contributed by atoms with Crippen LogP contribution in [-0.2, 0) is 27.3 Å². The first-order valence-electron chi connectivity index (χ1n) is 16.2. The second-order valence-corrected chi connectivity index (χ2v) is 14.2. The van der Waals surface area contributed by atoms with Gasteiger partial charge in [-0.3, -0.25) is 24.2 Å². The molecule has 0 bridgehead atoms. The smallest absolute Gasteiger partial charge is 0.255 e. The van der Waals surface area contributed by atoms with Crippen molar-refractivity contribution < 1.29 is 34.5 Å². The molecule has 1 saturated carbocycles. The number of likely N-dealkylation sites (N-methyl/N-ethyl adjacent to an activating group) is 2. The van der Waals surface area contributed by atoms with Crippen molar-refractivity contribution in [3.8, 4) is 16.9 Å². The van der Waals surface area contributed by atoms with Gasteiger partial charge >= 0.3 is 0 Å². The number of aliphatic hydroxyl groups is 3. The normalized spacial score (nSPS) is 27.6. The van der Waals surface area contributed by atoms with Gasteiger partial charge in [0.05, 0.1) is 22.7 Å². The summed E-state index contributed by atoms with van der Waals surface area (Å²) in [4.78, 5) is 53.8. The summed E-state index contributed by atoms with van der Waals surface area (Å²) >= 11 is 0. The van der Waals surface area contributed by atoms with Crippen molar-refractivity contribution in [2.45, 2.75) is 36.6 Å². The van der Waals surface area contributed by atoms with Crippen LogP contribution in [0.3, 0.4) is 0 Å². The molecule has 6 rings (SSSR count). The number of aliphatic hydroxyl groups excluding tert-OH is 2. The molecule has 4 aliphatic rings. The zero-order valence-corrected chi connectivity index (χ0v) is 28.5. The first-order chi connectivity index (χ1) is 23.0. The van der Waals surface area contributed by atoms with Crippen LogP contribution in [0, 0.1) is 5.92 Å². The minimum Gasteiger partial charge on any atom is -0.508 e. The van der Waals surface area contributed by atoms with Gasteiger partial charge in [-0.15, -0.1) is 0 Å². The summed E-state index contributed by atoms with van der Waals surface area (Å²) in [5, 5.41) is 35.3. The molecule has 49 heavy (non-hydrogen) atoms. The van der Waals surface area contributed by atoms with Crippen molar-refractivity contribution in [3.63, 3.8) is 0 Å². The molecular weight excluding hydrogens is 630 g/mol. The Labute approximate surface area is 284 Å². The van der Waals surface area contributed by atoms with Crippen molar-refractivity contribution >= 4 is 28.9 Å². The van der Waals surface area contributed by atoms with Gasteiger partial charge in [0, 0.05) is 64.0 Å². The molecule has 1 aliphatic heterocycles. The fourth-order valence-electron chi connectivity index (χ4n) is 8.17. The minimum absolute atomic E-state index is 0.00431. The van der Waals surface area contributed by atoms with Crippen LogP contribution in [0.2, 0.25) is 0 Å². The summed E-state index contributed by atoms with van der Waals surface area (Å²) in [6, 6.07) is 8.62. The summed E-state index contributed by atoms with van der Waals surface area (Å²) in [6.45, 7) is 4.79. The number of anilines is 1. The molecule has 1 amide bonds. The fraction of sp³-hybridized carbons (Fsp3) is 0.457. The number of rotatable bonds is 7. The highest BCUT2D eigenvalue weighted by Gasteiger charge is 2.67. The molecule has 0 radical (unpaired) electrons. The zero-order valence-electron chi connectivity index (χ0n) is 28.5. The van der Waals surface area contributed by atoms with Gasteiger partial charge in [-0.05, 0) is 56.7 Å². The molecule has 2 aromatic carbocycles. The molecule has 4 atom stereocenters. The van der Waals surface area contributed by atoms with Gasteiger partial charge in [0.15, 0.2) is 17.1 Å². The molecule has 2 aromatic rings. The number of fused-ring (bicyclic) bond motifs is 3. The van der Waals surface area contributed by atoms with Gasteiger partial charge in [0.25, 0.3) is 5.91 Å². The van der Waals surface area contributed by atoms with Crippen LogP contribution in [0.15, 0.2) is 47.2 Å². The van der Waals surface area contributed by atoms with Crippen LogP contribution in [-0.4, -0.2) is 126 Å². The number of hydrogen-bond donors (Lipinski definition) is 6. The van der Waals surface area contributed by atoms with E-state index >= 15 is 0 Å². The molecule has 3 aliphatic carbocycles. The van der Waals surface area contributed by atoms with Crippen molar-refractivity contribution in [1.29, 1.82) is 0 Å². The van der Waals surface area contributed by atoms with Crippen molar-refractivity contribution in [2.24, 2.45) is 23.3 Å². The van der Waals surface area contributed by atoms with E-state index in [0.717, 1.165) is 43.9 Å². The lowest BCUT2D eigenvalue weighted by Gasteiger charge is -2.53. The topological polar surface area (TPSA) is 212 Å². The summed E-state index contributed by atoms with van der Waals surface area (Å²) in [5.74, 6) is -0.274. The van der Waals surface area contributed by atoms with Crippen LogP contribution in [0.25, 0.3) is 16.9 Å². The van der Waals surface area contributed by atoms with Gasteiger partial charge in [-0.25, -0.2) is 0 Å². The molecule has 0 spiro atoms. The molecule has 2 fully saturated rings. The Morgan fingerprint density at radius 1 is 1.06 bits per heavy atom. The number of benzene rings is 2. The zero-order chi connectivity index (χ0) is 35.7. The number of ketones is 2. The lowest BCUT2D eigenvalue weighted by molar-refractivity contribution is -0.154. The van der Waals surface area contributed by atoms with Gasteiger partial charge in [-0.1, -0.05) is 24.3 Å². The Kier molecular flexibility index (Phi) is 8.62. The molecule has 14 heteroatoms. The Hall–Kier alpha value is -4.31. The number of carbonyl (C=O) groups excluding carboxylic acids is 3. The monoisotopic (exact) mass is 675 g/mol. The van der Waals surface area contributed by atoms with E-state index in [4.69, 9.17) is 22.2 Å². The number of primary amides is 1. The van der Waals surface area contributed by atoms with E-state index in [1.807, 2.05) is 49.3 Å². The lowest BCUT2D eigenvalue weighted by Crippen LogP contribution is -2.70. The van der Waals surface area contributed by atoms with E-state index in [-0.39, 0.29) is 29.7 Å². The molecule has 14 nitrogen and oxygen atoms in total. The lowest BCUT2D eigenvalue weighted by atomic mass is 9.55. The fourth-order valence-corrected chi connectivity index (χ4v) is 8.17. The van der Waals surface area contributed by atoms with Crippen molar-refractivity contribution in [1.82, 2.24) is 14.7 Å². The highest BCUT2D eigenvalue weighted by Crippen LogP contribution is 2.55. The third kappa shape index (κ3) is 5.30.